The second-order valence-corrected chi connectivity index (χ2v) is 9.17. The number of hydrogen-bond donors (Lipinski definition) is 4. The Morgan fingerprint density at radius 2 is 1.97 bits per heavy atom. The summed E-state index contributed by atoms with van der Waals surface area (Å²) in [5.74, 6) is 0.195. The third-order valence-corrected chi connectivity index (χ3v) is 6.58. The lowest BCUT2D eigenvalue weighted by molar-refractivity contribution is 0.0946. The van der Waals surface area contributed by atoms with Crippen LogP contribution in [-0.2, 0) is 6.54 Å². The van der Waals surface area contributed by atoms with E-state index in [0.29, 0.717) is 41.2 Å². The van der Waals surface area contributed by atoms with Crippen LogP contribution in [0, 0.1) is 0 Å². The normalized spacial score (nSPS) is 16.6. The zero-order valence-corrected chi connectivity index (χ0v) is 21.7. The molecule has 3 heterocycles. The Bertz CT molecular complexity index is 1630. The summed E-state index contributed by atoms with van der Waals surface area (Å²) in [6, 6.07) is 17.3. The third kappa shape index (κ3) is 5.41. The van der Waals surface area contributed by atoms with Gasteiger partial charge < -0.3 is 26.1 Å². The average molecular weight is 523 g/mol. The van der Waals surface area contributed by atoms with Gasteiger partial charge in [0.15, 0.2) is 5.65 Å². The number of nitrogen functional groups attached to an aromatic ring is 1. The minimum Gasteiger partial charge on any atom is -0.389 e. The summed E-state index contributed by atoms with van der Waals surface area (Å²) in [7, 11) is 1.75. The molecule has 6 rings (SSSR count). The van der Waals surface area contributed by atoms with E-state index in [-0.39, 0.29) is 11.9 Å². The molecule has 0 radical (unpaired) electrons. The number of H-pyrrole nitrogens is 1. The van der Waals surface area contributed by atoms with Gasteiger partial charge in [0.05, 0.1) is 17.5 Å². The van der Waals surface area contributed by atoms with Crippen LogP contribution in [0.5, 0.6) is 0 Å². The number of benzene rings is 2. The highest BCUT2D eigenvalue weighted by Crippen LogP contribution is 2.34. The zero-order chi connectivity index (χ0) is 27.4. The fourth-order valence-electron chi connectivity index (χ4n) is 4.52. The van der Waals surface area contributed by atoms with Crippen molar-refractivity contribution >= 4 is 39.9 Å². The molecule has 1 aliphatic carbocycles. The number of aromatic amines is 1. The molecule has 1 amide bonds. The van der Waals surface area contributed by atoms with Crippen LogP contribution in [0.4, 0.5) is 5.82 Å². The number of aromatic nitrogens is 5. The molecule has 198 valence electrons. The van der Waals surface area contributed by atoms with Crippen molar-refractivity contribution in [1.82, 2.24) is 30.0 Å². The van der Waals surface area contributed by atoms with Crippen LogP contribution >= 0.6 is 0 Å². The quantitative estimate of drug-likeness (QED) is 0.202. The first-order valence-corrected chi connectivity index (χ1v) is 12.7. The molecule has 0 bridgehead atoms. The second-order valence-electron chi connectivity index (χ2n) is 9.17. The molecule has 5 N–H and O–H groups in total. The number of hydrogen-bond acceptors (Lipinski definition) is 7. The van der Waals surface area contributed by atoms with Crippen LogP contribution in [0.15, 0.2) is 78.1 Å². The van der Waals surface area contributed by atoms with Crippen molar-refractivity contribution in [3.05, 3.63) is 84.3 Å². The molecule has 39 heavy (non-hydrogen) atoms. The standard InChI is InChI=1S/C26H23N7O2.C3H7N/c27-24-22-23(32-33(25(22)30-14-29-24)18-9-10-19(34)12-18)16-7-5-15(6-8-16)13-28-26(35)21-11-17-3-1-2-4-20(17)31-21;1-3-4-2/h1-11,14,18-19,31,34H,12-13H2,(H,28,35)(H2,27,29,30);3H,1-2H3. The van der Waals surface area contributed by atoms with Crippen molar-refractivity contribution in [2.75, 3.05) is 12.8 Å². The molecule has 3 aromatic heterocycles. The van der Waals surface area contributed by atoms with Gasteiger partial charge in [0.25, 0.3) is 5.91 Å². The number of amides is 1. The van der Waals surface area contributed by atoms with Crippen molar-refractivity contribution in [2.24, 2.45) is 4.99 Å². The number of aliphatic hydroxyl groups is 1. The summed E-state index contributed by atoms with van der Waals surface area (Å²) in [5, 5.41) is 19.4. The van der Waals surface area contributed by atoms with Gasteiger partial charge in [-0.2, -0.15) is 5.10 Å². The number of aliphatic hydroxyl groups excluding tert-OH is 1. The Morgan fingerprint density at radius 1 is 1.21 bits per heavy atom. The Hall–Kier alpha value is -4.83. The van der Waals surface area contributed by atoms with Gasteiger partial charge in [0.2, 0.25) is 0 Å². The van der Waals surface area contributed by atoms with Gasteiger partial charge in [-0.15, -0.1) is 0 Å². The van der Waals surface area contributed by atoms with E-state index in [1.807, 2.05) is 67.6 Å². The van der Waals surface area contributed by atoms with Crippen molar-refractivity contribution in [2.45, 2.75) is 32.0 Å². The summed E-state index contributed by atoms with van der Waals surface area (Å²) in [6.07, 6.45) is 6.91. The number of aliphatic imine (C=N–C) groups is 1. The Balaban J connectivity index is 0.000000723. The van der Waals surface area contributed by atoms with Gasteiger partial charge >= 0.3 is 0 Å². The van der Waals surface area contributed by atoms with Gasteiger partial charge in [0.1, 0.15) is 23.5 Å². The third-order valence-electron chi connectivity index (χ3n) is 6.58. The van der Waals surface area contributed by atoms with Gasteiger partial charge in [-0.25, -0.2) is 14.6 Å². The van der Waals surface area contributed by atoms with E-state index in [0.717, 1.165) is 22.0 Å². The lowest BCUT2D eigenvalue weighted by Gasteiger charge is -2.10. The summed E-state index contributed by atoms with van der Waals surface area (Å²) >= 11 is 0. The molecule has 10 nitrogen and oxygen atoms in total. The minimum absolute atomic E-state index is 0.102. The Labute approximate surface area is 225 Å². The lowest BCUT2D eigenvalue weighted by Crippen LogP contribution is -2.23. The monoisotopic (exact) mass is 522 g/mol. The zero-order valence-electron chi connectivity index (χ0n) is 21.7. The smallest absolute Gasteiger partial charge is 0.267 e. The fraction of sp³-hybridized carbons (Fsp3) is 0.207. The van der Waals surface area contributed by atoms with Crippen molar-refractivity contribution in [3.8, 4) is 11.3 Å². The molecule has 2 unspecified atom stereocenters. The molecule has 0 spiro atoms. The predicted octanol–water partition coefficient (Wildman–Crippen LogP) is 4.06. The molecule has 10 heteroatoms. The highest BCUT2D eigenvalue weighted by atomic mass is 16.3. The highest BCUT2D eigenvalue weighted by Gasteiger charge is 2.25. The Morgan fingerprint density at radius 3 is 2.67 bits per heavy atom. The van der Waals surface area contributed by atoms with E-state index in [4.69, 9.17) is 10.8 Å². The second kappa shape index (κ2) is 11.3. The highest BCUT2D eigenvalue weighted by molar-refractivity contribution is 5.99. The maximum atomic E-state index is 12.6. The van der Waals surface area contributed by atoms with Crippen LogP contribution < -0.4 is 11.1 Å². The number of carbonyl (C=O) groups excluding carboxylic acids is 1. The van der Waals surface area contributed by atoms with Gasteiger partial charge in [-0.05, 0) is 30.8 Å². The van der Waals surface area contributed by atoms with E-state index < -0.39 is 6.10 Å². The number of fused-ring (bicyclic) bond motifs is 2. The van der Waals surface area contributed by atoms with Gasteiger partial charge in [0, 0.05) is 36.5 Å². The molecule has 2 aromatic carbocycles. The summed E-state index contributed by atoms with van der Waals surface area (Å²) < 4.78 is 1.80. The van der Waals surface area contributed by atoms with Crippen molar-refractivity contribution in [1.29, 1.82) is 0 Å². The largest absolute Gasteiger partial charge is 0.389 e. The van der Waals surface area contributed by atoms with Crippen LogP contribution in [-0.4, -0.2) is 55.1 Å². The molecule has 0 aliphatic heterocycles. The number of carbonyl (C=O) groups is 1. The average Bonchev–Trinajstić information content (AvgIpc) is 3.69. The number of nitrogens with one attached hydrogen (secondary N) is 2. The minimum atomic E-state index is -0.499. The summed E-state index contributed by atoms with van der Waals surface area (Å²) in [5.41, 5.74) is 10.8. The summed E-state index contributed by atoms with van der Waals surface area (Å²) in [4.78, 5) is 27.9. The number of nitrogens with two attached hydrogens (primary N) is 1. The van der Waals surface area contributed by atoms with Crippen LogP contribution in [0.3, 0.4) is 0 Å². The molecule has 5 aromatic rings. The SMILES string of the molecule is CC=NC.Nc1ncnc2c1c(-c1ccc(CNC(=O)c3cc4ccccc4[nH]3)cc1)nn2C1C=CC(O)C1. The first-order chi connectivity index (χ1) is 19.0. The van der Waals surface area contributed by atoms with E-state index in [1.54, 1.807) is 24.0 Å². The molecule has 2 atom stereocenters. The summed E-state index contributed by atoms with van der Waals surface area (Å²) in [6.45, 7) is 2.28. The number of rotatable bonds is 5. The lowest BCUT2D eigenvalue weighted by atomic mass is 10.1. The van der Waals surface area contributed by atoms with Gasteiger partial charge in [-0.3, -0.25) is 4.79 Å². The Kier molecular flexibility index (Phi) is 7.46. The molecular weight excluding hydrogens is 492 g/mol. The van der Waals surface area contributed by atoms with Crippen molar-refractivity contribution < 1.29 is 9.90 Å². The molecule has 1 aliphatic rings. The van der Waals surface area contributed by atoms with Crippen LogP contribution in [0.2, 0.25) is 0 Å². The van der Waals surface area contributed by atoms with Crippen LogP contribution in [0.1, 0.15) is 35.4 Å². The number of nitrogens with zero attached hydrogens (tertiary/aromatic N) is 5. The van der Waals surface area contributed by atoms with Crippen molar-refractivity contribution in [3.63, 3.8) is 0 Å². The van der Waals surface area contributed by atoms with E-state index in [2.05, 4.69) is 25.3 Å². The molecule has 0 saturated carbocycles. The maximum Gasteiger partial charge on any atom is 0.267 e. The molecule has 0 fully saturated rings. The van der Waals surface area contributed by atoms with Gasteiger partial charge in [-0.1, -0.05) is 54.6 Å². The van der Waals surface area contributed by atoms with E-state index in [1.165, 1.54) is 6.33 Å². The predicted molar refractivity (Wildman–Crippen MR) is 154 cm³/mol. The van der Waals surface area contributed by atoms with E-state index in [9.17, 15) is 9.90 Å². The topological polar surface area (TPSA) is 147 Å². The van der Waals surface area contributed by atoms with E-state index >= 15 is 0 Å². The number of allylic oxidation sites excluding steroid dienone is 1. The van der Waals surface area contributed by atoms with Crippen LogP contribution in [0.25, 0.3) is 33.2 Å². The first kappa shape index (κ1) is 25.8. The number of para-hydroxylation sites is 1. The maximum absolute atomic E-state index is 12.6. The number of anilines is 1. The fourth-order valence-corrected chi connectivity index (χ4v) is 4.52. The molecule has 0 saturated heterocycles. The molecular formula is C29H30N8O2. The first-order valence-electron chi connectivity index (χ1n) is 12.7.